The predicted molar refractivity (Wildman–Crippen MR) is 111 cm³/mol. The number of aryl methyl sites for hydroxylation is 1. The van der Waals surface area contributed by atoms with Crippen LogP contribution in [0.4, 0.5) is 0 Å². The zero-order valence-electron chi connectivity index (χ0n) is 17.3. The average molecular weight is 415 g/mol. The standard InChI is InChI=1S/C22H29N3O5/c1-3-29-15-30-14-19(24-22(27)20-9-5-4-7-16(20)2)12-18(21(26)25-28)11-17-8-6-10-23-13-17/h4-10,13,18-19,28H,3,11-12,14-15H2,1-2H3,(H,24,27)(H,25,26). The molecule has 2 rings (SSSR count). The highest BCUT2D eigenvalue weighted by Gasteiger charge is 2.25. The van der Waals surface area contributed by atoms with Gasteiger partial charge >= 0.3 is 0 Å². The summed E-state index contributed by atoms with van der Waals surface area (Å²) in [6, 6.07) is 10.5. The molecule has 0 aliphatic heterocycles. The lowest BCUT2D eigenvalue weighted by Gasteiger charge is -2.24. The van der Waals surface area contributed by atoms with Gasteiger partial charge in [-0.05, 0) is 49.9 Å². The van der Waals surface area contributed by atoms with Gasteiger partial charge < -0.3 is 14.8 Å². The fraction of sp³-hybridized carbons (Fsp3) is 0.409. The highest BCUT2D eigenvalue weighted by molar-refractivity contribution is 5.95. The summed E-state index contributed by atoms with van der Waals surface area (Å²) in [6.45, 7) is 4.49. The van der Waals surface area contributed by atoms with Gasteiger partial charge in [-0.3, -0.25) is 19.8 Å². The number of carbonyl (C=O) groups is 2. The van der Waals surface area contributed by atoms with E-state index in [1.54, 1.807) is 36.1 Å². The molecule has 1 heterocycles. The molecule has 1 aromatic heterocycles. The van der Waals surface area contributed by atoms with Crippen LogP contribution in [0.3, 0.4) is 0 Å². The monoisotopic (exact) mass is 415 g/mol. The van der Waals surface area contributed by atoms with Gasteiger partial charge in [-0.1, -0.05) is 24.3 Å². The minimum atomic E-state index is -0.586. The molecule has 0 bridgehead atoms. The molecular formula is C22H29N3O5. The Kier molecular flexibility index (Phi) is 9.93. The molecule has 2 atom stereocenters. The van der Waals surface area contributed by atoms with Crippen LogP contribution in [-0.2, 0) is 20.7 Å². The van der Waals surface area contributed by atoms with E-state index in [0.29, 0.717) is 18.6 Å². The summed E-state index contributed by atoms with van der Waals surface area (Å²) >= 11 is 0. The highest BCUT2D eigenvalue weighted by atomic mass is 16.7. The third-order valence-corrected chi connectivity index (χ3v) is 4.67. The maximum absolute atomic E-state index is 12.8. The van der Waals surface area contributed by atoms with Crippen molar-refractivity contribution in [2.75, 3.05) is 20.0 Å². The van der Waals surface area contributed by atoms with E-state index in [0.717, 1.165) is 11.1 Å². The molecule has 3 N–H and O–H groups in total. The van der Waals surface area contributed by atoms with E-state index in [9.17, 15) is 14.8 Å². The van der Waals surface area contributed by atoms with Crippen molar-refractivity contribution in [3.63, 3.8) is 0 Å². The number of rotatable bonds is 12. The number of nitrogens with one attached hydrogen (secondary N) is 2. The smallest absolute Gasteiger partial charge is 0.251 e. The van der Waals surface area contributed by atoms with Crippen LogP contribution in [0, 0.1) is 12.8 Å². The Hall–Kier alpha value is -2.81. The Balaban J connectivity index is 2.13. The second-order valence-electron chi connectivity index (χ2n) is 6.94. The number of aromatic nitrogens is 1. The lowest BCUT2D eigenvalue weighted by molar-refractivity contribution is -0.134. The van der Waals surface area contributed by atoms with Crippen molar-refractivity contribution in [1.29, 1.82) is 0 Å². The molecule has 2 aromatic rings. The number of hydroxylamine groups is 1. The third kappa shape index (κ3) is 7.55. The number of nitrogens with zero attached hydrogens (tertiary/aromatic N) is 1. The van der Waals surface area contributed by atoms with Crippen LogP contribution in [0.2, 0.25) is 0 Å². The van der Waals surface area contributed by atoms with Crippen LogP contribution < -0.4 is 10.8 Å². The van der Waals surface area contributed by atoms with Crippen LogP contribution >= 0.6 is 0 Å². The predicted octanol–water partition coefficient (Wildman–Crippen LogP) is 2.25. The second kappa shape index (κ2) is 12.7. The fourth-order valence-corrected chi connectivity index (χ4v) is 3.11. The largest absolute Gasteiger partial charge is 0.356 e. The number of hydrogen-bond donors (Lipinski definition) is 3. The van der Waals surface area contributed by atoms with Crippen molar-refractivity contribution >= 4 is 11.8 Å². The first-order valence-electron chi connectivity index (χ1n) is 9.90. The molecule has 30 heavy (non-hydrogen) atoms. The van der Waals surface area contributed by atoms with Gasteiger partial charge in [0.25, 0.3) is 5.91 Å². The maximum atomic E-state index is 12.8. The van der Waals surface area contributed by atoms with Gasteiger partial charge in [0, 0.05) is 30.5 Å². The first kappa shape index (κ1) is 23.5. The summed E-state index contributed by atoms with van der Waals surface area (Å²) in [7, 11) is 0. The molecule has 2 amide bonds. The zero-order chi connectivity index (χ0) is 21.8. The molecule has 0 radical (unpaired) electrons. The van der Waals surface area contributed by atoms with E-state index in [1.165, 1.54) is 0 Å². The molecular weight excluding hydrogens is 386 g/mol. The summed E-state index contributed by atoms with van der Waals surface area (Å²) in [5.74, 6) is -1.36. The van der Waals surface area contributed by atoms with Crippen LogP contribution in [0.5, 0.6) is 0 Å². The minimum absolute atomic E-state index is 0.0900. The van der Waals surface area contributed by atoms with Crippen molar-refractivity contribution in [2.24, 2.45) is 5.92 Å². The molecule has 2 unspecified atom stereocenters. The summed E-state index contributed by atoms with van der Waals surface area (Å²) < 4.78 is 10.7. The normalized spacial score (nSPS) is 12.8. The summed E-state index contributed by atoms with van der Waals surface area (Å²) in [6.07, 6.45) is 3.95. The highest BCUT2D eigenvalue weighted by Crippen LogP contribution is 2.16. The summed E-state index contributed by atoms with van der Waals surface area (Å²) in [4.78, 5) is 29.1. The first-order valence-corrected chi connectivity index (χ1v) is 9.90. The van der Waals surface area contributed by atoms with E-state index >= 15 is 0 Å². The number of hydrogen-bond acceptors (Lipinski definition) is 6. The molecule has 0 aliphatic carbocycles. The second-order valence-corrected chi connectivity index (χ2v) is 6.94. The Bertz CT molecular complexity index is 800. The summed E-state index contributed by atoms with van der Waals surface area (Å²) in [5.41, 5.74) is 3.98. The van der Waals surface area contributed by atoms with Crippen LogP contribution in [0.1, 0.15) is 34.8 Å². The molecule has 0 saturated heterocycles. The van der Waals surface area contributed by atoms with E-state index in [-0.39, 0.29) is 25.7 Å². The van der Waals surface area contributed by atoms with Crippen molar-refractivity contribution < 1.29 is 24.3 Å². The van der Waals surface area contributed by atoms with Gasteiger partial charge in [-0.25, -0.2) is 5.48 Å². The van der Waals surface area contributed by atoms with E-state index in [1.807, 2.05) is 32.0 Å². The molecule has 8 heteroatoms. The van der Waals surface area contributed by atoms with Gasteiger partial charge in [0.2, 0.25) is 5.91 Å². The van der Waals surface area contributed by atoms with Crippen LogP contribution in [-0.4, -0.2) is 48.1 Å². The Labute approximate surface area is 176 Å². The topological polar surface area (TPSA) is 110 Å². The number of ether oxygens (including phenoxy) is 2. The average Bonchev–Trinajstić information content (AvgIpc) is 2.76. The Morgan fingerprint density at radius 2 is 1.97 bits per heavy atom. The van der Waals surface area contributed by atoms with Crippen molar-refractivity contribution in [1.82, 2.24) is 15.8 Å². The lowest BCUT2D eigenvalue weighted by atomic mass is 9.92. The third-order valence-electron chi connectivity index (χ3n) is 4.67. The van der Waals surface area contributed by atoms with Gasteiger partial charge in [0.1, 0.15) is 6.79 Å². The van der Waals surface area contributed by atoms with Crippen molar-refractivity contribution in [3.05, 3.63) is 65.5 Å². The van der Waals surface area contributed by atoms with Crippen LogP contribution in [0.25, 0.3) is 0 Å². The Morgan fingerprint density at radius 3 is 2.63 bits per heavy atom. The molecule has 0 saturated carbocycles. The summed E-state index contributed by atoms with van der Waals surface area (Å²) in [5, 5.41) is 12.1. The minimum Gasteiger partial charge on any atom is -0.356 e. The molecule has 0 aliphatic rings. The zero-order valence-corrected chi connectivity index (χ0v) is 17.3. The van der Waals surface area contributed by atoms with E-state index in [2.05, 4.69) is 10.3 Å². The van der Waals surface area contributed by atoms with Gasteiger partial charge in [-0.2, -0.15) is 0 Å². The van der Waals surface area contributed by atoms with Crippen LogP contribution in [0.15, 0.2) is 48.8 Å². The molecule has 8 nitrogen and oxygen atoms in total. The van der Waals surface area contributed by atoms with Gasteiger partial charge in [0.15, 0.2) is 0 Å². The molecule has 0 spiro atoms. The Morgan fingerprint density at radius 1 is 1.17 bits per heavy atom. The number of pyridine rings is 1. The quantitative estimate of drug-likeness (QED) is 0.212. The lowest BCUT2D eigenvalue weighted by Crippen LogP contribution is -2.43. The molecule has 1 aromatic carbocycles. The van der Waals surface area contributed by atoms with E-state index in [4.69, 9.17) is 9.47 Å². The fourth-order valence-electron chi connectivity index (χ4n) is 3.11. The van der Waals surface area contributed by atoms with Gasteiger partial charge in [-0.15, -0.1) is 0 Å². The SMILES string of the molecule is CCOCOCC(CC(Cc1cccnc1)C(=O)NO)NC(=O)c1ccccc1C. The first-order chi connectivity index (χ1) is 14.5. The number of carbonyl (C=O) groups excluding carboxylic acids is 2. The number of amides is 2. The van der Waals surface area contributed by atoms with Gasteiger partial charge in [0.05, 0.1) is 12.6 Å². The van der Waals surface area contributed by atoms with Crippen molar-refractivity contribution in [3.8, 4) is 0 Å². The van der Waals surface area contributed by atoms with E-state index < -0.39 is 17.9 Å². The maximum Gasteiger partial charge on any atom is 0.251 e. The molecule has 162 valence electrons. The number of benzene rings is 1. The molecule has 0 fully saturated rings. The van der Waals surface area contributed by atoms with Crippen molar-refractivity contribution in [2.45, 2.75) is 32.7 Å².